The Labute approximate surface area is 159 Å². The summed E-state index contributed by atoms with van der Waals surface area (Å²) in [6.45, 7) is 4.78. The van der Waals surface area contributed by atoms with Gasteiger partial charge in [0.25, 0.3) is 0 Å². The summed E-state index contributed by atoms with van der Waals surface area (Å²) in [7, 11) is 1.72. The molecule has 27 heavy (non-hydrogen) atoms. The number of urea groups is 1. The molecule has 2 aliphatic heterocycles. The second-order valence-electron chi connectivity index (χ2n) is 6.80. The Morgan fingerprint density at radius 1 is 1.33 bits per heavy atom. The van der Waals surface area contributed by atoms with Crippen molar-refractivity contribution in [1.29, 1.82) is 0 Å². The number of amides is 3. The number of pyridine rings is 1. The molecule has 3 heterocycles. The maximum absolute atomic E-state index is 11.6. The highest BCUT2D eigenvalue weighted by molar-refractivity contribution is 6.01. The molecule has 0 radical (unpaired) electrons. The van der Waals surface area contributed by atoms with E-state index in [2.05, 4.69) is 43.0 Å². The topological polar surface area (TPSA) is 102 Å². The molecule has 3 rings (SSSR count). The van der Waals surface area contributed by atoms with E-state index < -0.39 is 0 Å². The first-order valence-electron chi connectivity index (χ1n) is 9.30. The summed E-state index contributed by atoms with van der Waals surface area (Å²) in [6.07, 6.45) is 3.88. The molecule has 0 unspecified atom stereocenters. The molecule has 2 aliphatic rings. The molecule has 0 atom stereocenters. The van der Waals surface area contributed by atoms with Crippen molar-refractivity contribution < 1.29 is 9.59 Å². The number of hydrogen-bond donors (Lipinski definition) is 3. The van der Waals surface area contributed by atoms with Crippen molar-refractivity contribution >= 4 is 23.7 Å². The summed E-state index contributed by atoms with van der Waals surface area (Å²) in [5.74, 6) is 1.52. The maximum Gasteiger partial charge on any atom is 0.324 e. The molecule has 9 heteroatoms. The van der Waals surface area contributed by atoms with Gasteiger partial charge in [-0.25, -0.2) is 9.78 Å². The van der Waals surface area contributed by atoms with Crippen LogP contribution in [0.2, 0.25) is 0 Å². The van der Waals surface area contributed by atoms with Crippen LogP contribution in [0, 0.1) is 6.92 Å². The second-order valence-corrected chi connectivity index (χ2v) is 6.80. The molecule has 3 amide bonds. The molecule has 2 fully saturated rings. The zero-order chi connectivity index (χ0) is 19.2. The number of carbonyl (C=O) groups is 2. The van der Waals surface area contributed by atoms with Gasteiger partial charge in [0.05, 0.1) is 6.54 Å². The van der Waals surface area contributed by atoms with Crippen LogP contribution in [0.4, 0.5) is 10.6 Å². The average molecular weight is 373 g/mol. The molecule has 0 spiro atoms. The lowest BCUT2D eigenvalue weighted by Crippen LogP contribution is -2.50. The Bertz CT molecular complexity index is 680. The van der Waals surface area contributed by atoms with Gasteiger partial charge in [-0.05, 0) is 31.4 Å². The minimum Gasteiger partial charge on any atom is -0.356 e. The van der Waals surface area contributed by atoms with Crippen molar-refractivity contribution in [1.82, 2.24) is 25.8 Å². The Morgan fingerprint density at radius 2 is 2.11 bits per heavy atom. The molecule has 3 N–H and O–H groups in total. The van der Waals surface area contributed by atoms with E-state index in [0.717, 1.165) is 31.7 Å². The normalized spacial score (nSPS) is 18.7. The minimum absolute atomic E-state index is 0.0836. The second kappa shape index (κ2) is 8.70. The molecule has 0 saturated carbocycles. The molecule has 1 aromatic rings. The van der Waals surface area contributed by atoms with Gasteiger partial charge in [-0.2, -0.15) is 0 Å². The Morgan fingerprint density at radius 3 is 2.70 bits per heavy atom. The number of aromatic nitrogens is 1. The summed E-state index contributed by atoms with van der Waals surface area (Å²) < 4.78 is 0. The van der Waals surface area contributed by atoms with E-state index >= 15 is 0 Å². The lowest BCUT2D eigenvalue weighted by Gasteiger charge is -2.33. The molecule has 0 bridgehead atoms. The Kier molecular flexibility index (Phi) is 6.10. The van der Waals surface area contributed by atoms with Gasteiger partial charge in [0.2, 0.25) is 5.91 Å². The van der Waals surface area contributed by atoms with Gasteiger partial charge in [-0.15, -0.1) is 0 Å². The molecule has 146 valence electrons. The van der Waals surface area contributed by atoms with Gasteiger partial charge in [0.15, 0.2) is 5.96 Å². The molecular weight excluding hydrogens is 346 g/mol. The molecule has 0 aromatic carbocycles. The number of aliphatic imine (C=N–C) groups is 1. The average Bonchev–Trinajstić information content (AvgIpc) is 3.00. The highest BCUT2D eigenvalue weighted by atomic mass is 16.2. The summed E-state index contributed by atoms with van der Waals surface area (Å²) in [4.78, 5) is 35.3. The van der Waals surface area contributed by atoms with Gasteiger partial charge in [0.1, 0.15) is 5.82 Å². The fourth-order valence-electron chi connectivity index (χ4n) is 3.26. The van der Waals surface area contributed by atoms with E-state index in [1.165, 1.54) is 10.5 Å². The standard InChI is InChI=1S/C18H27N7O2/c1-13-3-4-15(21-11-13)24-8-5-14(6-9-24)23-17(19-2)20-7-10-25-16(26)12-22-18(25)27/h3-4,11,14H,5-10,12H2,1-2H3,(H,22,27)(H2,19,20,23). The van der Waals surface area contributed by atoms with Gasteiger partial charge in [-0.3, -0.25) is 14.7 Å². The minimum atomic E-state index is -0.332. The van der Waals surface area contributed by atoms with E-state index in [9.17, 15) is 9.59 Å². The van der Waals surface area contributed by atoms with E-state index in [-0.39, 0.29) is 18.5 Å². The molecule has 2 saturated heterocycles. The number of nitrogens with one attached hydrogen (secondary N) is 3. The van der Waals surface area contributed by atoms with Crippen LogP contribution in [-0.4, -0.2) is 73.6 Å². The zero-order valence-corrected chi connectivity index (χ0v) is 15.9. The highest BCUT2D eigenvalue weighted by Gasteiger charge is 2.27. The molecular formula is C18H27N7O2. The van der Waals surface area contributed by atoms with Crippen molar-refractivity contribution in [2.75, 3.05) is 44.7 Å². The summed E-state index contributed by atoms with van der Waals surface area (Å²) in [5, 5.41) is 9.11. The van der Waals surface area contributed by atoms with E-state index in [1.807, 2.05) is 13.1 Å². The SMILES string of the molecule is CN=C(NCCN1C(=O)CNC1=O)NC1CCN(c2ccc(C)cn2)CC1. The monoisotopic (exact) mass is 373 g/mol. The Hall–Kier alpha value is -2.84. The predicted octanol–water partition coefficient (Wildman–Crippen LogP) is 0.0756. The highest BCUT2D eigenvalue weighted by Crippen LogP contribution is 2.17. The largest absolute Gasteiger partial charge is 0.356 e. The third kappa shape index (κ3) is 4.87. The number of imide groups is 1. The van der Waals surface area contributed by atoms with Gasteiger partial charge >= 0.3 is 6.03 Å². The number of piperidine rings is 1. The van der Waals surface area contributed by atoms with Crippen LogP contribution >= 0.6 is 0 Å². The van der Waals surface area contributed by atoms with Crippen molar-refractivity contribution in [3.05, 3.63) is 23.9 Å². The first-order valence-corrected chi connectivity index (χ1v) is 9.30. The van der Waals surface area contributed by atoms with Crippen molar-refractivity contribution in [2.45, 2.75) is 25.8 Å². The number of hydrogen-bond acceptors (Lipinski definition) is 5. The number of aryl methyl sites for hydroxylation is 1. The number of anilines is 1. The molecule has 1 aromatic heterocycles. The van der Waals surface area contributed by atoms with E-state index in [4.69, 9.17) is 0 Å². The smallest absolute Gasteiger partial charge is 0.324 e. The lowest BCUT2D eigenvalue weighted by molar-refractivity contribution is -0.124. The van der Waals surface area contributed by atoms with Crippen molar-refractivity contribution in [2.24, 2.45) is 4.99 Å². The lowest BCUT2D eigenvalue weighted by atomic mass is 10.1. The van der Waals surface area contributed by atoms with E-state index in [0.29, 0.717) is 25.1 Å². The van der Waals surface area contributed by atoms with Crippen molar-refractivity contribution in [3.63, 3.8) is 0 Å². The third-order valence-electron chi connectivity index (χ3n) is 4.84. The predicted molar refractivity (Wildman–Crippen MR) is 104 cm³/mol. The van der Waals surface area contributed by atoms with Gasteiger partial charge < -0.3 is 20.9 Å². The van der Waals surface area contributed by atoms with Crippen LogP contribution in [0.25, 0.3) is 0 Å². The summed E-state index contributed by atoms with van der Waals surface area (Å²) >= 11 is 0. The van der Waals surface area contributed by atoms with Gasteiger partial charge in [-0.1, -0.05) is 6.07 Å². The van der Waals surface area contributed by atoms with E-state index in [1.54, 1.807) is 7.05 Å². The fourth-order valence-corrected chi connectivity index (χ4v) is 3.26. The first kappa shape index (κ1) is 18.9. The number of carbonyl (C=O) groups excluding carboxylic acids is 2. The van der Waals surface area contributed by atoms with Crippen LogP contribution < -0.4 is 20.9 Å². The Balaban J connectivity index is 1.41. The van der Waals surface area contributed by atoms with Crippen LogP contribution in [0.1, 0.15) is 18.4 Å². The van der Waals surface area contributed by atoms with Crippen LogP contribution in [0.3, 0.4) is 0 Å². The summed E-state index contributed by atoms with van der Waals surface area (Å²) in [6, 6.07) is 4.15. The molecule has 9 nitrogen and oxygen atoms in total. The fraction of sp³-hybridized carbons (Fsp3) is 0.556. The van der Waals surface area contributed by atoms with Crippen LogP contribution in [-0.2, 0) is 4.79 Å². The quantitative estimate of drug-likeness (QED) is 0.384. The van der Waals surface area contributed by atoms with Crippen LogP contribution in [0.5, 0.6) is 0 Å². The first-order chi connectivity index (χ1) is 13.1. The number of rotatable bonds is 5. The molecule has 0 aliphatic carbocycles. The third-order valence-corrected chi connectivity index (χ3v) is 4.84. The van der Waals surface area contributed by atoms with Crippen LogP contribution in [0.15, 0.2) is 23.3 Å². The number of nitrogens with zero attached hydrogens (tertiary/aromatic N) is 4. The maximum atomic E-state index is 11.6. The summed E-state index contributed by atoms with van der Waals surface area (Å²) in [5.41, 5.74) is 1.17. The number of guanidine groups is 1. The van der Waals surface area contributed by atoms with Crippen molar-refractivity contribution in [3.8, 4) is 0 Å². The van der Waals surface area contributed by atoms with Gasteiger partial charge in [0, 0.05) is 45.5 Å². The zero-order valence-electron chi connectivity index (χ0n) is 15.9.